The van der Waals surface area contributed by atoms with Gasteiger partial charge >= 0.3 is 0 Å². The van der Waals surface area contributed by atoms with E-state index in [0.29, 0.717) is 0 Å². The van der Waals surface area contributed by atoms with Crippen LogP contribution in [-0.4, -0.2) is 28.4 Å². The molecule has 2 heterocycles. The summed E-state index contributed by atoms with van der Waals surface area (Å²) in [6.45, 7) is 5.90. The Morgan fingerprint density at radius 3 is 2.74 bits per heavy atom. The van der Waals surface area contributed by atoms with Crippen LogP contribution in [0.5, 0.6) is 0 Å². The highest BCUT2D eigenvalue weighted by Gasteiger charge is 2.11. The molecule has 0 atom stereocenters. The summed E-state index contributed by atoms with van der Waals surface area (Å²) in [5.74, 6) is 0. The molecule has 4 nitrogen and oxygen atoms in total. The molecular weight excluding hydrogens is 304 g/mol. The lowest BCUT2D eigenvalue weighted by Crippen LogP contribution is -2.11. The first kappa shape index (κ1) is 14.2. The molecule has 0 saturated carbocycles. The maximum absolute atomic E-state index is 4.62. The number of nitrogens with zero attached hydrogens (tertiary/aromatic N) is 3. The molecule has 102 valence electrons. The monoisotopic (exact) mass is 322 g/mol. The van der Waals surface area contributed by atoms with Gasteiger partial charge in [0.1, 0.15) is 0 Å². The predicted molar refractivity (Wildman–Crippen MR) is 80.4 cm³/mol. The molecule has 1 N–H and O–H groups in total. The molecule has 0 saturated heterocycles. The van der Waals surface area contributed by atoms with E-state index < -0.39 is 0 Å². The van der Waals surface area contributed by atoms with Gasteiger partial charge in [-0.2, -0.15) is 5.10 Å². The summed E-state index contributed by atoms with van der Waals surface area (Å²) in [4.78, 5) is 4.40. The van der Waals surface area contributed by atoms with Gasteiger partial charge < -0.3 is 5.32 Å². The minimum absolute atomic E-state index is 0.722. The highest BCUT2D eigenvalue weighted by Crippen LogP contribution is 2.15. The molecule has 0 aliphatic heterocycles. The summed E-state index contributed by atoms with van der Waals surface area (Å²) < 4.78 is 3.04. The summed E-state index contributed by atoms with van der Waals surface area (Å²) >= 11 is 3.40. The minimum atomic E-state index is 0.722. The average molecular weight is 323 g/mol. The standard InChI is InChI=1S/C14H19BrN4/c1-10-14(6-7-16-3)11(2)19(18-10)9-13-5-4-12(15)8-17-13/h4-5,8,16H,6-7,9H2,1-3H3. The topological polar surface area (TPSA) is 42.7 Å². The van der Waals surface area contributed by atoms with Crippen LogP contribution in [-0.2, 0) is 13.0 Å². The van der Waals surface area contributed by atoms with Crippen LogP contribution in [0, 0.1) is 13.8 Å². The number of aryl methyl sites for hydroxylation is 1. The smallest absolute Gasteiger partial charge is 0.0834 e. The molecule has 2 aromatic rings. The molecule has 0 aromatic carbocycles. The van der Waals surface area contributed by atoms with Gasteiger partial charge in [-0.15, -0.1) is 0 Å². The molecule has 2 aromatic heterocycles. The normalized spacial score (nSPS) is 10.9. The molecule has 0 aliphatic rings. The van der Waals surface area contributed by atoms with E-state index in [-0.39, 0.29) is 0 Å². The summed E-state index contributed by atoms with van der Waals surface area (Å²) in [5.41, 5.74) is 4.71. The number of hydrogen-bond donors (Lipinski definition) is 1. The van der Waals surface area contributed by atoms with E-state index >= 15 is 0 Å². The number of halogens is 1. The largest absolute Gasteiger partial charge is 0.319 e. The Labute approximate surface area is 122 Å². The van der Waals surface area contributed by atoms with Crippen LogP contribution in [0.25, 0.3) is 0 Å². The number of pyridine rings is 1. The second-order valence-corrected chi connectivity index (χ2v) is 5.54. The fraction of sp³-hybridized carbons (Fsp3) is 0.429. The molecule has 5 heteroatoms. The van der Waals surface area contributed by atoms with Crippen molar-refractivity contribution in [1.29, 1.82) is 0 Å². The molecule has 0 radical (unpaired) electrons. The average Bonchev–Trinajstić information content (AvgIpc) is 2.65. The van der Waals surface area contributed by atoms with Gasteiger partial charge in [-0.25, -0.2) is 0 Å². The molecule has 2 rings (SSSR count). The van der Waals surface area contributed by atoms with Gasteiger partial charge in [-0.3, -0.25) is 9.67 Å². The van der Waals surface area contributed by atoms with Crippen LogP contribution in [0.2, 0.25) is 0 Å². The third-order valence-electron chi connectivity index (χ3n) is 3.26. The minimum Gasteiger partial charge on any atom is -0.319 e. The maximum Gasteiger partial charge on any atom is 0.0834 e. The summed E-state index contributed by atoms with van der Waals surface area (Å²) in [7, 11) is 1.97. The Kier molecular flexibility index (Phi) is 4.71. The zero-order valence-electron chi connectivity index (χ0n) is 11.6. The predicted octanol–water partition coefficient (Wildman–Crippen LogP) is 2.47. The third-order valence-corrected chi connectivity index (χ3v) is 3.73. The Balaban J connectivity index is 2.19. The lowest BCUT2D eigenvalue weighted by atomic mass is 10.1. The zero-order valence-corrected chi connectivity index (χ0v) is 13.2. The van der Waals surface area contributed by atoms with Crippen molar-refractivity contribution in [2.75, 3.05) is 13.6 Å². The molecule has 0 fully saturated rings. The van der Waals surface area contributed by atoms with Crippen LogP contribution in [0.4, 0.5) is 0 Å². The molecule has 0 aliphatic carbocycles. The number of hydrogen-bond acceptors (Lipinski definition) is 3. The Hall–Kier alpha value is -1.20. The first-order valence-electron chi connectivity index (χ1n) is 6.39. The van der Waals surface area contributed by atoms with Crippen molar-refractivity contribution in [2.45, 2.75) is 26.8 Å². The maximum atomic E-state index is 4.62. The zero-order chi connectivity index (χ0) is 13.8. The van der Waals surface area contributed by atoms with Crippen molar-refractivity contribution < 1.29 is 0 Å². The van der Waals surface area contributed by atoms with Crippen LogP contribution in [0.15, 0.2) is 22.8 Å². The van der Waals surface area contributed by atoms with Gasteiger partial charge in [0.2, 0.25) is 0 Å². The van der Waals surface area contributed by atoms with E-state index in [2.05, 4.69) is 45.2 Å². The Bertz CT molecular complexity index is 545. The van der Waals surface area contributed by atoms with Gasteiger partial charge in [0.25, 0.3) is 0 Å². The van der Waals surface area contributed by atoms with Crippen molar-refractivity contribution in [1.82, 2.24) is 20.1 Å². The van der Waals surface area contributed by atoms with Crippen molar-refractivity contribution in [3.63, 3.8) is 0 Å². The van der Waals surface area contributed by atoms with Crippen molar-refractivity contribution >= 4 is 15.9 Å². The molecule has 0 unspecified atom stereocenters. The van der Waals surface area contributed by atoms with Crippen LogP contribution < -0.4 is 5.32 Å². The fourth-order valence-electron chi connectivity index (χ4n) is 2.15. The number of likely N-dealkylation sites (N-methyl/N-ethyl adjacent to an activating group) is 1. The first-order valence-corrected chi connectivity index (χ1v) is 7.19. The first-order chi connectivity index (χ1) is 9.11. The van der Waals surface area contributed by atoms with E-state index in [1.54, 1.807) is 0 Å². The lowest BCUT2D eigenvalue weighted by Gasteiger charge is -2.05. The molecular formula is C14H19BrN4. The van der Waals surface area contributed by atoms with Gasteiger partial charge in [-0.1, -0.05) is 0 Å². The van der Waals surface area contributed by atoms with Crippen molar-refractivity contribution in [3.8, 4) is 0 Å². The molecule has 0 bridgehead atoms. The quantitative estimate of drug-likeness (QED) is 0.919. The summed E-state index contributed by atoms with van der Waals surface area (Å²) in [5, 5.41) is 7.80. The van der Waals surface area contributed by atoms with Crippen molar-refractivity contribution in [3.05, 3.63) is 45.4 Å². The van der Waals surface area contributed by atoms with Crippen LogP contribution >= 0.6 is 15.9 Å². The van der Waals surface area contributed by atoms with Crippen LogP contribution in [0.3, 0.4) is 0 Å². The second kappa shape index (κ2) is 6.30. The van der Waals surface area contributed by atoms with Crippen molar-refractivity contribution in [2.24, 2.45) is 0 Å². The fourth-order valence-corrected chi connectivity index (χ4v) is 2.39. The van der Waals surface area contributed by atoms with Gasteiger partial charge in [-0.05, 0) is 67.5 Å². The van der Waals surface area contributed by atoms with E-state index in [1.807, 2.05) is 30.1 Å². The van der Waals surface area contributed by atoms with Crippen LogP contribution in [0.1, 0.15) is 22.6 Å². The number of rotatable bonds is 5. The molecule has 0 spiro atoms. The van der Waals surface area contributed by atoms with E-state index in [1.165, 1.54) is 11.3 Å². The van der Waals surface area contributed by atoms with E-state index in [4.69, 9.17) is 0 Å². The Morgan fingerprint density at radius 2 is 2.11 bits per heavy atom. The SMILES string of the molecule is CNCCc1c(C)nn(Cc2ccc(Br)cn2)c1C. The highest BCUT2D eigenvalue weighted by atomic mass is 79.9. The van der Waals surface area contributed by atoms with Gasteiger partial charge in [0.05, 0.1) is 17.9 Å². The molecule has 0 amide bonds. The Morgan fingerprint density at radius 1 is 1.32 bits per heavy atom. The van der Waals surface area contributed by atoms with Gasteiger partial charge in [0, 0.05) is 16.4 Å². The third kappa shape index (κ3) is 3.42. The highest BCUT2D eigenvalue weighted by molar-refractivity contribution is 9.10. The molecule has 19 heavy (non-hydrogen) atoms. The second-order valence-electron chi connectivity index (χ2n) is 4.63. The summed E-state index contributed by atoms with van der Waals surface area (Å²) in [6, 6.07) is 4.03. The van der Waals surface area contributed by atoms with E-state index in [9.17, 15) is 0 Å². The number of nitrogens with one attached hydrogen (secondary N) is 1. The van der Waals surface area contributed by atoms with Gasteiger partial charge in [0.15, 0.2) is 0 Å². The lowest BCUT2D eigenvalue weighted by molar-refractivity contribution is 0.645. The number of aromatic nitrogens is 3. The summed E-state index contributed by atoms with van der Waals surface area (Å²) in [6.07, 6.45) is 2.84. The van der Waals surface area contributed by atoms with E-state index in [0.717, 1.165) is 35.4 Å².